The van der Waals surface area contributed by atoms with Gasteiger partial charge in [0.05, 0.1) is 0 Å². The zero-order chi connectivity index (χ0) is 15.3. The molecule has 0 saturated heterocycles. The predicted molar refractivity (Wildman–Crippen MR) is 72.2 cm³/mol. The maximum atomic E-state index is 13.7. The predicted octanol–water partition coefficient (Wildman–Crippen LogP) is 1.31. The zero-order valence-electron chi connectivity index (χ0n) is 11.5. The Morgan fingerprint density at radius 1 is 1.45 bits per heavy atom. The number of hydrogen-bond donors (Lipinski definition) is 2. The Morgan fingerprint density at radius 3 is 2.45 bits per heavy atom. The highest BCUT2D eigenvalue weighted by atomic mass is 32.2. The van der Waals surface area contributed by atoms with Crippen molar-refractivity contribution >= 4 is 15.9 Å². The standard InChI is InChI=1S/C13H17FN2O3S/c1-7-4-8(5-9(11(7)14)20(15,18)19)12(17)16-10-6-13(10,2)3/h4-5,10H,6H2,1-3H3,(H,16,17)(H2,15,18,19). The van der Waals surface area contributed by atoms with Gasteiger partial charge in [0, 0.05) is 11.6 Å². The zero-order valence-corrected chi connectivity index (χ0v) is 12.3. The summed E-state index contributed by atoms with van der Waals surface area (Å²) in [7, 11) is -4.20. The van der Waals surface area contributed by atoms with E-state index < -0.39 is 26.6 Å². The van der Waals surface area contributed by atoms with Crippen LogP contribution in [-0.2, 0) is 10.0 Å². The van der Waals surface area contributed by atoms with Crippen LogP contribution < -0.4 is 10.5 Å². The van der Waals surface area contributed by atoms with Crippen LogP contribution in [0.4, 0.5) is 4.39 Å². The molecule has 0 radical (unpaired) electrons. The smallest absolute Gasteiger partial charge is 0.251 e. The van der Waals surface area contributed by atoms with Crippen molar-refractivity contribution in [1.29, 1.82) is 0 Å². The topological polar surface area (TPSA) is 89.3 Å². The minimum Gasteiger partial charge on any atom is -0.349 e. The lowest BCUT2D eigenvalue weighted by molar-refractivity contribution is 0.0946. The number of nitrogens with one attached hydrogen (secondary N) is 1. The summed E-state index contributed by atoms with van der Waals surface area (Å²) in [5, 5.41) is 7.74. The molecule has 3 N–H and O–H groups in total. The normalized spacial score (nSPS) is 20.6. The molecule has 1 aromatic rings. The summed E-state index contributed by atoms with van der Waals surface area (Å²) in [4.78, 5) is 11.4. The van der Waals surface area contributed by atoms with Gasteiger partial charge in [-0.05, 0) is 36.5 Å². The van der Waals surface area contributed by atoms with Crippen molar-refractivity contribution in [3.8, 4) is 0 Å². The molecule has 1 aliphatic rings. The van der Waals surface area contributed by atoms with Crippen LogP contribution in [-0.4, -0.2) is 20.4 Å². The maximum Gasteiger partial charge on any atom is 0.251 e. The number of sulfonamides is 1. The van der Waals surface area contributed by atoms with Gasteiger partial charge in [-0.2, -0.15) is 0 Å². The average molecular weight is 300 g/mol. The minimum absolute atomic E-state index is 0.0491. The van der Waals surface area contributed by atoms with Crippen LogP contribution in [0.3, 0.4) is 0 Å². The molecule has 0 aromatic heterocycles. The first kappa shape index (κ1) is 14.9. The van der Waals surface area contributed by atoms with Crippen LogP contribution in [0.1, 0.15) is 36.2 Å². The Bertz CT molecular complexity index is 683. The van der Waals surface area contributed by atoms with Gasteiger partial charge in [-0.3, -0.25) is 4.79 Å². The summed E-state index contributed by atoms with van der Waals surface area (Å²) >= 11 is 0. The minimum atomic E-state index is -4.20. The number of aryl methyl sites for hydroxylation is 1. The summed E-state index contributed by atoms with van der Waals surface area (Å²) in [6, 6.07) is 2.34. The van der Waals surface area contributed by atoms with Crippen molar-refractivity contribution in [2.75, 3.05) is 0 Å². The Hall–Kier alpha value is -1.47. The van der Waals surface area contributed by atoms with Gasteiger partial charge in [-0.25, -0.2) is 17.9 Å². The lowest BCUT2D eigenvalue weighted by Gasteiger charge is -2.10. The number of hydrogen-bond acceptors (Lipinski definition) is 3. The maximum absolute atomic E-state index is 13.7. The summed E-state index contributed by atoms with van der Waals surface area (Å²) in [5.41, 5.74) is 0.209. The first-order chi connectivity index (χ1) is 9.02. The summed E-state index contributed by atoms with van der Waals surface area (Å²) in [6.07, 6.45) is 0.862. The van der Waals surface area contributed by atoms with Gasteiger partial charge in [0.25, 0.3) is 5.91 Å². The lowest BCUT2D eigenvalue weighted by Crippen LogP contribution is -2.29. The number of rotatable bonds is 3. The first-order valence-electron chi connectivity index (χ1n) is 6.16. The van der Waals surface area contributed by atoms with Crippen molar-refractivity contribution in [2.45, 2.75) is 38.1 Å². The molecule has 7 heteroatoms. The largest absolute Gasteiger partial charge is 0.349 e. The third-order valence-corrected chi connectivity index (χ3v) is 4.52. The second-order valence-electron chi connectivity index (χ2n) is 5.87. The molecule has 0 aliphatic heterocycles. The molecule has 1 unspecified atom stereocenters. The first-order valence-corrected chi connectivity index (χ1v) is 7.71. The van der Waals surface area contributed by atoms with E-state index in [9.17, 15) is 17.6 Å². The number of halogens is 1. The summed E-state index contributed by atoms with van der Waals surface area (Å²) in [5.74, 6) is -1.34. The second-order valence-corrected chi connectivity index (χ2v) is 7.40. The molecule has 0 heterocycles. The van der Waals surface area contributed by atoms with Gasteiger partial charge in [-0.15, -0.1) is 0 Å². The molecule has 1 aliphatic carbocycles. The van der Waals surface area contributed by atoms with Crippen molar-refractivity contribution in [3.63, 3.8) is 0 Å². The van der Waals surface area contributed by atoms with Crippen molar-refractivity contribution in [2.24, 2.45) is 10.6 Å². The summed E-state index contributed by atoms with van der Waals surface area (Å²) < 4.78 is 36.4. The quantitative estimate of drug-likeness (QED) is 0.882. The van der Waals surface area contributed by atoms with Crippen molar-refractivity contribution < 1.29 is 17.6 Å². The Labute approximate surface area is 117 Å². The Morgan fingerprint density at radius 2 is 2.00 bits per heavy atom. The molecule has 1 aromatic carbocycles. The molecular formula is C13H17FN2O3S. The van der Waals surface area contributed by atoms with Crippen LogP contribution in [0.25, 0.3) is 0 Å². The van der Waals surface area contributed by atoms with E-state index in [2.05, 4.69) is 5.32 Å². The van der Waals surface area contributed by atoms with Crippen LogP contribution in [0.5, 0.6) is 0 Å². The van der Waals surface area contributed by atoms with E-state index in [1.807, 2.05) is 13.8 Å². The molecule has 0 spiro atoms. The average Bonchev–Trinajstić information content (AvgIpc) is 2.87. The highest BCUT2D eigenvalue weighted by Crippen LogP contribution is 2.44. The molecular weight excluding hydrogens is 283 g/mol. The monoisotopic (exact) mass is 300 g/mol. The van der Waals surface area contributed by atoms with E-state index in [4.69, 9.17) is 5.14 Å². The van der Waals surface area contributed by atoms with Gasteiger partial charge in [0.1, 0.15) is 10.7 Å². The highest BCUT2D eigenvalue weighted by Gasteiger charge is 2.46. The third kappa shape index (κ3) is 2.83. The Kier molecular flexibility index (Phi) is 3.38. The fourth-order valence-corrected chi connectivity index (χ4v) is 2.73. The van der Waals surface area contributed by atoms with E-state index in [1.54, 1.807) is 0 Å². The second kappa shape index (κ2) is 4.53. The van der Waals surface area contributed by atoms with Crippen LogP contribution in [0.15, 0.2) is 17.0 Å². The van der Waals surface area contributed by atoms with E-state index in [1.165, 1.54) is 13.0 Å². The number of benzene rings is 1. The molecule has 1 amide bonds. The molecule has 1 fully saturated rings. The summed E-state index contributed by atoms with van der Waals surface area (Å²) in [6.45, 7) is 5.43. The molecule has 0 bridgehead atoms. The SMILES string of the molecule is Cc1cc(C(=O)NC2CC2(C)C)cc(S(N)(=O)=O)c1F. The Balaban J connectivity index is 2.34. The van der Waals surface area contributed by atoms with E-state index >= 15 is 0 Å². The van der Waals surface area contributed by atoms with E-state index in [0.29, 0.717) is 0 Å². The van der Waals surface area contributed by atoms with Crippen molar-refractivity contribution in [3.05, 3.63) is 29.1 Å². The molecule has 1 saturated carbocycles. The molecule has 110 valence electrons. The van der Waals surface area contributed by atoms with Crippen molar-refractivity contribution in [1.82, 2.24) is 5.32 Å². The third-order valence-electron chi connectivity index (χ3n) is 3.61. The number of carbonyl (C=O) groups is 1. The van der Waals surface area contributed by atoms with Gasteiger partial charge in [0.2, 0.25) is 10.0 Å². The molecule has 5 nitrogen and oxygen atoms in total. The fraction of sp³-hybridized carbons (Fsp3) is 0.462. The fourth-order valence-electron chi connectivity index (χ4n) is 2.03. The van der Waals surface area contributed by atoms with Gasteiger partial charge < -0.3 is 5.32 Å². The van der Waals surface area contributed by atoms with Crippen LogP contribution in [0.2, 0.25) is 0 Å². The van der Waals surface area contributed by atoms with E-state index in [0.717, 1.165) is 12.5 Å². The van der Waals surface area contributed by atoms with Crippen LogP contribution >= 0.6 is 0 Å². The highest BCUT2D eigenvalue weighted by molar-refractivity contribution is 7.89. The number of nitrogens with two attached hydrogens (primary N) is 1. The van der Waals surface area contributed by atoms with Gasteiger partial charge >= 0.3 is 0 Å². The van der Waals surface area contributed by atoms with Gasteiger partial charge in [-0.1, -0.05) is 13.8 Å². The number of primary sulfonamides is 1. The molecule has 2 rings (SSSR count). The van der Waals surface area contributed by atoms with E-state index in [-0.39, 0.29) is 22.6 Å². The molecule has 1 atom stereocenters. The number of amides is 1. The van der Waals surface area contributed by atoms with Gasteiger partial charge in [0.15, 0.2) is 0 Å². The lowest BCUT2D eigenvalue weighted by atomic mass is 10.1. The van der Waals surface area contributed by atoms with Crippen LogP contribution in [0, 0.1) is 18.2 Å². The number of carbonyl (C=O) groups excluding carboxylic acids is 1. The molecule has 20 heavy (non-hydrogen) atoms.